The molecule has 0 aliphatic carbocycles. The molecular weight excluding hydrogens is 200 g/mol. The third-order valence-electron chi connectivity index (χ3n) is 1.80. The first-order valence-corrected chi connectivity index (χ1v) is 4.00. The van der Waals surface area contributed by atoms with E-state index in [0.29, 0.717) is 0 Å². The summed E-state index contributed by atoms with van der Waals surface area (Å²) in [6, 6.07) is 3.62. The number of hydrazine groups is 1. The van der Waals surface area contributed by atoms with Crippen molar-refractivity contribution in [1.29, 1.82) is 0 Å². The van der Waals surface area contributed by atoms with Crippen molar-refractivity contribution in [3.8, 4) is 0 Å². The Bertz CT molecular complexity index is 416. The summed E-state index contributed by atoms with van der Waals surface area (Å²) in [6.07, 6.45) is 0. The second-order valence-electron chi connectivity index (χ2n) is 2.94. The zero-order valence-electron chi connectivity index (χ0n) is 8.01. The van der Waals surface area contributed by atoms with Crippen LogP contribution in [-0.2, 0) is 0 Å². The van der Waals surface area contributed by atoms with Crippen LogP contribution in [0.3, 0.4) is 0 Å². The Balaban J connectivity index is 3.22. The van der Waals surface area contributed by atoms with E-state index in [-0.39, 0.29) is 16.9 Å². The van der Waals surface area contributed by atoms with Crippen LogP contribution in [0.1, 0.15) is 10.4 Å². The third-order valence-corrected chi connectivity index (χ3v) is 1.80. The van der Waals surface area contributed by atoms with E-state index in [9.17, 15) is 14.9 Å². The van der Waals surface area contributed by atoms with Gasteiger partial charge in [-0.2, -0.15) is 0 Å². The summed E-state index contributed by atoms with van der Waals surface area (Å²) < 4.78 is 0. The van der Waals surface area contributed by atoms with E-state index in [0.717, 1.165) is 11.1 Å². The van der Waals surface area contributed by atoms with Gasteiger partial charge in [0.05, 0.1) is 10.5 Å². The second-order valence-corrected chi connectivity index (χ2v) is 2.94. The molecule has 1 aromatic carbocycles. The van der Waals surface area contributed by atoms with Gasteiger partial charge in [-0.25, -0.2) is 5.84 Å². The number of nitro benzene ring substituents is 1. The van der Waals surface area contributed by atoms with Crippen molar-refractivity contribution in [2.75, 3.05) is 12.8 Å². The first-order valence-electron chi connectivity index (χ1n) is 4.00. The normalized spacial score (nSPS) is 9.73. The number of amides is 1. The summed E-state index contributed by atoms with van der Waals surface area (Å²) in [7, 11) is 1.33. The number of nitro groups is 1. The first kappa shape index (κ1) is 10.9. The molecule has 15 heavy (non-hydrogen) atoms. The average molecular weight is 210 g/mol. The highest BCUT2D eigenvalue weighted by atomic mass is 16.6. The van der Waals surface area contributed by atoms with E-state index in [1.165, 1.54) is 19.2 Å². The van der Waals surface area contributed by atoms with E-state index in [4.69, 9.17) is 11.6 Å². The van der Waals surface area contributed by atoms with Crippen molar-refractivity contribution in [2.45, 2.75) is 0 Å². The van der Waals surface area contributed by atoms with Crippen LogP contribution in [0.5, 0.6) is 0 Å². The molecule has 0 saturated heterocycles. The fraction of sp³-hybridized carbons (Fsp3) is 0.125. The summed E-state index contributed by atoms with van der Waals surface area (Å²) in [4.78, 5) is 21.3. The zero-order valence-corrected chi connectivity index (χ0v) is 8.01. The molecule has 0 unspecified atom stereocenters. The van der Waals surface area contributed by atoms with Crippen molar-refractivity contribution in [2.24, 2.45) is 5.84 Å². The molecule has 7 heteroatoms. The van der Waals surface area contributed by atoms with Gasteiger partial charge in [-0.3, -0.25) is 19.9 Å². The molecule has 1 amide bonds. The Hall–Kier alpha value is -2.15. The van der Waals surface area contributed by atoms with Crippen LogP contribution >= 0.6 is 0 Å². The van der Waals surface area contributed by atoms with Crippen LogP contribution in [0.15, 0.2) is 18.2 Å². The minimum Gasteiger partial charge on any atom is -0.398 e. The van der Waals surface area contributed by atoms with Gasteiger partial charge < -0.3 is 5.73 Å². The lowest BCUT2D eigenvalue weighted by molar-refractivity contribution is -0.384. The summed E-state index contributed by atoms with van der Waals surface area (Å²) in [5.74, 6) is 4.65. The minimum atomic E-state index is -0.604. The molecule has 0 aliphatic heterocycles. The Morgan fingerprint density at radius 2 is 2.13 bits per heavy atom. The van der Waals surface area contributed by atoms with Crippen LogP contribution in [0.2, 0.25) is 0 Å². The Kier molecular flexibility index (Phi) is 2.86. The molecule has 1 rings (SSSR count). The van der Waals surface area contributed by atoms with Gasteiger partial charge in [0.2, 0.25) is 0 Å². The molecule has 1 aromatic rings. The molecule has 0 radical (unpaired) electrons. The third kappa shape index (κ3) is 2.20. The summed E-state index contributed by atoms with van der Waals surface area (Å²) in [5, 5.41) is 11.3. The van der Waals surface area contributed by atoms with Crippen LogP contribution in [0, 0.1) is 10.1 Å². The van der Waals surface area contributed by atoms with Gasteiger partial charge in [-0.15, -0.1) is 0 Å². The van der Waals surface area contributed by atoms with Crippen LogP contribution in [0.25, 0.3) is 0 Å². The van der Waals surface area contributed by atoms with Crippen molar-refractivity contribution < 1.29 is 9.72 Å². The number of anilines is 1. The number of carbonyl (C=O) groups excluding carboxylic acids is 1. The lowest BCUT2D eigenvalue weighted by Crippen LogP contribution is -2.33. The smallest absolute Gasteiger partial charge is 0.270 e. The maximum absolute atomic E-state index is 11.4. The molecule has 4 N–H and O–H groups in total. The molecule has 7 nitrogen and oxygen atoms in total. The number of nitrogen functional groups attached to an aromatic ring is 1. The first-order chi connectivity index (χ1) is 6.93. The highest BCUT2D eigenvalue weighted by Gasteiger charge is 2.16. The van der Waals surface area contributed by atoms with E-state index in [1.54, 1.807) is 0 Å². The Morgan fingerprint density at radius 3 is 2.60 bits per heavy atom. The molecule has 0 bridgehead atoms. The van der Waals surface area contributed by atoms with Crippen molar-refractivity contribution in [3.05, 3.63) is 33.9 Å². The van der Waals surface area contributed by atoms with Gasteiger partial charge in [-0.1, -0.05) is 0 Å². The number of hydrogen-bond acceptors (Lipinski definition) is 5. The number of benzene rings is 1. The fourth-order valence-corrected chi connectivity index (χ4v) is 1.03. The number of hydrogen-bond donors (Lipinski definition) is 2. The van der Waals surface area contributed by atoms with E-state index in [2.05, 4.69) is 0 Å². The van der Waals surface area contributed by atoms with Crippen LogP contribution in [-0.4, -0.2) is 22.9 Å². The van der Waals surface area contributed by atoms with E-state index >= 15 is 0 Å². The van der Waals surface area contributed by atoms with Gasteiger partial charge in [0, 0.05) is 24.9 Å². The predicted molar refractivity (Wildman–Crippen MR) is 53.8 cm³/mol. The molecule has 0 atom stereocenters. The quantitative estimate of drug-likeness (QED) is 0.236. The molecule has 0 heterocycles. The summed E-state index contributed by atoms with van der Waals surface area (Å²) in [6.45, 7) is 0. The van der Waals surface area contributed by atoms with Crippen molar-refractivity contribution >= 4 is 17.3 Å². The number of rotatable bonds is 2. The topological polar surface area (TPSA) is 115 Å². The molecule has 80 valence electrons. The van der Waals surface area contributed by atoms with E-state index < -0.39 is 10.8 Å². The van der Waals surface area contributed by atoms with Gasteiger partial charge in [-0.05, 0) is 6.07 Å². The SMILES string of the molecule is CN(N)C(=O)c1cc([N+](=O)[O-])ccc1N. The van der Waals surface area contributed by atoms with E-state index in [1.807, 2.05) is 0 Å². The highest BCUT2D eigenvalue weighted by Crippen LogP contribution is 2.20. The largest absolute Gasteiger partial charge is 0.398 e. The van der Waals surface area contributed by atoms with Gasteiger partial charge in [0.1, 0.15) is 0 Å². The monoisotopic (exact) mass is 210 g/mol. The molecule has 0 aromatic heterocycles. The number of carbonyl (C=O) groups is 1. The summed E-state index contributed by atoms with van der Waals surface area (Å²) in [5.41, 5.74) is 5.48. The maximum Gasteiger partial charge on any atom is 0.270 e. The van der Waals surface area contributed by atoms with Crippen LogP contribution < -0.4 is 11.6 Å². The molecule has 0 saturated carbocycles. The number of nitrogens with two attached hydrogens (primary N) is 2. The molecule has 0 aliphatic rings. The number of nitrogens with zero attached hydrogens (tertiary/aromatic N) is 2. The predicted octanol–water partition coefficient (Wildman–Crippen LogP) is 0.123. The zero-order chi connectivity index (χ0) is 11.6. The lowest BCUT2D eigenvalue weighted by Gasteiger charge is -2.11. The molecular formula is C8H10N4O3. The molecule has 0 fully saturated rings. The van der Waals surface area contributed by atoms with Gasteiger partial charge in [0.25, 0.3) is 11.6 Å². The fourth-order valence-electron chi connectivity index (χ4n) is 1.03. The maximum atomic E-state index is 11.4. The standard InChI is InChI=1S/C8H10N4O3/c1-11(10)8(13)6-4-5(12(14)15)2-3-7(6)9/h2-4H,9-10H2,1H3. The highest BCUT2D eigenvalue weighted by molar-refractivity contribution is 5.99. The van der Waals surface area contributed by atoms with Gasteiger partial charge in [0.15, 0.2) is 0 Å². The average Bonchev–Trinajstić information content (AvgIpc) is 2.16. The van der Waals surface area contributed by atoms with Crippen molar-refractivity contribution in [3.63, 3.8) is 0 Å². The van der Waals surface area contributed by atoms with Crippen LogP contribution in [0.4, 0.5) is 11.4 Å². The Morgan fingerprint density at radius 1 is 1.53 bits per heavy atom. The number of non-ortho nitro benzene ring substituents is 1. The minimum absolute atomic E-state index is 0.0224. The van der Waals surface area contributed by atoms with Crippen molar-refractivity contribution in [1.82, 2.24) is 5.01 Å². The Labute approximate surface area is 85.4 Å². The second kappa shape index (κ2) is 3.93. The lowest BCUT2D eigenvalue weighted by atomic mass is 10.1. The molecule has 0 spiro atoms. The van der Waals surface area contributed by atoms with Gasteiger partial charge >= 0.3 is 0 Å². The summed E-state index contributed by atoms with van der Waals surface area (Å²) >= 11 is 0.